The zero-order valence-corrected chi connectivity index (χ0v) is 6.38. The molecular formula is C8H11NO2. The molecular weight excluding hydrogens is 142 g/mol. The molecule has 0 unspecified atom stereocenters. The first-order chi connectivity index (χ1) is 5.29. The van der Waals surface area contributed by atoms with Crippen LogP contribution in [0.2, 0.25) is 0 Å². The van der Waals surface area contributed by atoms with E-state index in [0.717, 1.165) is 19.4 Å². The average Bonchev–Trinajstić information content (AvgIpc) is 2.45. The molecule has 3 heteroatoms. The van der Waals surface area contributed by atoms with E-state index in [1.807, 2.05) is 0 Å². The Kier molecular flexibility index (Phi) is 1.44. The zero-order valence-electron chi connectivity index (χ0n) is 6.38. The van der Waals surface area contributed by atoms with Crippen molar-refractivity contribution in [2.75, 3.05) is 6.54 Å². The molecule has 2 heterocycles. The summed E-state index contributed by atoms with van der Waals surface area (Å²) in [5.41, 5.74) is 0. The number of rotatable bonds is 0. The zero-order chi connectivity index (χ0) is 7.84. The van der Waals surface area contributed by atoms with Crippen molar-refractivity contribution < 1.29 is 9.59 Å². The first-order valence-electron chi connectivity index (χ1n) is 4.11. The Morgan fingerprint density at radius 1 is 1.27 bits per heavy atom. The Bertz CT molecular complexity index is 190. The summed E-state index contributed by atoms with van der Waals surface area (Å²) < 4.78 is 0. The normalized spacial score (nSPS) is 30.9. The fourth-order valence-electron chi connectivity index (χ4n) is 1.94. The second-order valence-electron chi connectivity index (χ2n) is 3.21. The molecule has 3 nitrogen and oxygen atoms in total. The molecule has 11 heavy (non-hydrogen) atoms. The number of carbonyl (C=O) groups excluding carboxylic acids is 2. The van der Waals surface area contributed by atoms with Gasteiger partial charge in [0.1, 0.15) is 0 Å². The van der Waals surface area contributed by atoms with Crippen LogP contribution in [0.1, 0.15) is 25.7 Å². The van der Waals surface area contributed by atoms with Gasteiger partial charge in [0, 0.05) is 19.4 Å². The van der Waals surface area contributed by atoms with Crippen LogP contribution in [0.4, 0.5) is 0 Å². The fraction of sp³-hybridized carbons (Fsp3) is 0.750. The fourth-order valence-corrected chi connectivity index (χ4v) is 1.94. The molecule has 60 valence electrons. The summed E-state index contributed by atoms with van der Waals surface area (Å²) >= 11 is 0. The van der Waals surface area contributed by atoms with Crippen molar-refractivity contribution in [1.82, 2.24) is 4.90 Å². The minimum atomic E-state index is -0.0451. The van der Waals surface area contributed by atoms with Gasteiger partial charge in [-0.05, 0) is 12.8 Å². The van der Waals surface area contributed by atoms with Crippen molar-refractivity contribution in [3.63, 3.8) is 0 Å². The van der Waals surface area contributed by atoms with Gasteiger partial charge in [-0.1, -0.05) is 0 Å². The van der Waals surface area contributed by atoms with Gasteiger partial charge in [0.05, 0.1) is 6.04 Å². The maximum Gasteiger partial charge on any atom is 0.223 e. The molecule has 2 rings (SSSR count). The second kappa shape index (κ2) is 2.32. The number of carbonyl (C=O) groups is 2. The number of piperidine rings is 1. The minimum absolute atomic E-state index is 0.0451. The monoisotopic (exact) mass is 153 g/mol. The number of amides is 1. The molecule has 2 aliphatic rings. The van der Waals surface area contributed by atoms with Crippen LogP contribution >= 0.6 is 0 Å². The standard InChI is InChI=1S/C8H11NO2/c10-7-3-4-8(11)9-5-1-2-6(7)9/h6H,1-5H2/t6-/m0/s1. The molecule has 1 amide bonds. The van der Waals surface area contributed by atoms with Crippen LogP contribution in [0, 0.1) is 0 Å². The maximum atomic E-state index is 11.2. The number of fused-ring (bicyclic) bond motifs is 1. The molecule has 1 atom stereocenters. The van der Waals surface area contributed by atoms with Gasteiger partial charge in [-0.25, -0.2) is 0 Å². The quantitative estimate of drug-likeness (QED) is 0.503. The van der Waals surface area contributed by atoms with E-state index in [9.17, 15) is 9.59 Å². The van der Waals surface area contributed by atoms with E-state index < -0.39 is 0 Å². The molecule has 0 bridgehead atoms. The first-order valence-corrected chi connectivity index (χ1v) is 4.11. The summed E-state index contributed by atoms with van der Waals surface area (Å²) in [6.07, 6.45) is 2.81. The highest BCUT2D eigenvalue weighted by Gasteiger charge is 2.37. The van der Waals surface area contributed by atoms with E-state index in [2.05, 4.69) is 0 Å². The van der Waals surface area contributed by atoms with E-state index in [1.54, 1.807) is 4.90 Å². The minimum Gasteiger partial charge on any atom is -0.333 e. The average molecular weight is 153 g/mol. The van der Waals surface area contributed by atoms with E-state index in [-0.39, 0.29) is 17.7 Å². The molecule has 0 N–H and O–H groups in total. The summed E-state index contributed by atoms with van der Waals surface area (Å²) in [5.74, 6) is 0.439. The third-order valence-electron chi connectivity index (χ3n) is 2.53. The largest absolute Gasteiger partial charge is 0.333 e. The second-order valence-corrected chi connectivity index (χ2v) is 3.21. The van der Waals surface area contributed by atoms with Gasteiger partial charge in [-0.15, -0.1) is 0 Å². The Morgan fingerprint density at radius 3 is 2.82 bits per heavy atom. The molecule has 2 fully saturated rings. The number of hydrogen-bond acceptors (Lipinski definition) is 2. The molecule has 2 aliphatic heterocycles. The van der Waals surface area contributed by atoms with Crippen molar-refractivity contribution in [1.29, 1.82) is 0 Å². The van der Waals surface area contributed by atoms with Crippen LogP contribution in [0.15, 0.2) is 0 Å². The van der Waals surface area contributed by atoms with E-state index >= 15 is 0 Å². The maximum absolute atomic E-state index is 11.2. The predicted molar refractivity (Wildman–Crippen MR) is 39.0 cm³/mol. The van der Waals surface area contributed by atoms with Gasteiger partial charge in [-0.2, -0.15) is 0 Å². The lowest BCUT2D eigenvalue weighted by molar-refractivity contribution is -0.142. The predicted octanol–water partition coefficient (Wildman–Crippen LogP) is 0.340. The highest BCUT2D eigenvalue weighted by Crippen LogP contribution is 2.24. The first kappa shape index (κ1) is 6.83. The smallest absolute Gasteiger partial charge is 0.223 e. The van der Waals surface area contributed by atoms with Crippen LogP contribution in [0.3, 0.4) is 0 Å². The Balaban J connectivity index is 2.20. The molecule has 0 radical (unpaired) electrons. The molecule has 2 saturated heterocycles. The van der Waals surface area contributed by atoms with E-state index in [4.69, 9.17) is 0 Å². The summed E-state index contributed by atoms with van der Waals surface area (Å²) in [6.45, 7) is 0.801. The molecule has 0 aromatic carbocycles. The summed E-state index contributed by atoms with van der Waals surface area (Å²) in [7, 11) is 0. The number of Topliss-reactive ketones (excluding diaryl/α,β-unsaturated/α-hetero) is 1. The number of ketones is 1. The third-order valence-corrected chi connectivity index (χ3v) is 2.53. The van der Waals surface area contributed by atoms with Crippen molar-refractivity contribution in [3.8, 4) is 0 Å². The van der Waals surface area contributed by atoms with Gasteiger partial charge in [0.25, 0.3) is 0 Å². The van der Waals surface area contributed by atoms with Gasteiger partial charge in [0.15, 0.2) is 5.78 Å². The molecule has 0 saturated carbocycles. The highest BCUT2D eigenvalue weighted by molar-refractivity contribution is 5.95. The molecule has 0 aromatic heterocycles. The van der Waals surface area contributed by atoms with Crippen LogP contribution in [-0.4, -0.2) is 29.2 Å². The van der Waals surface area contributed by atoms with Gasteiger partial charge < -0.3 is 4.90 Å². The van der Waals surface area contributed by atoms with Gasteiger partial charge in [0.2, 0.25) is 5.91 Å². The van der Waals surface area contributed by atoms with Gasteiger partial charge in [-0.3, -0.25) is 9.59 Å². The van der Waals surface area contributed by atoms with E-state index in [1.165, 1.54) is 0 Å². The van der Waals surface area contributed by atoms with Crippen LogP contribution in [0.25, 0.3) is 0 Å². The molecule has 0 spiro atoms. The Morgan fingerprint density at radius 2 is 2.09 bits per heavy atom. The highest BCUT2D eigenvalue weighted by atomic mass is 16.2. The van der Waals surface area contributed by atoms with Gasteiger partial charge >= 0.3 is 0 Å². The SMILES string of the molecule is O=C1CCC(=O)N2CCC[C@@H]12. The lowest BCUT2D eigenvalue weighted by atomic mass is 10.0. The number of hydrogen-bond donors (Lipinski definition) is 0. The van der Waals surface area contributed by atoms with Crippen LogP contribution in [-0.2, 0) is 9.59 Å². The number of nitrogens with zero attached hydrogens (tertiary/aromatic N) is 1. The van der Waals surface area contributed by atoms with Crippen LogP contribution in [0.5, 0.6) is 0 Å². The van der Waals surface area contributed by atoms with Crippen molar-refractivity contribution >= 4 is 11.7 Å². The molecule has 0 aromatic rings. The Hall–Kier alpha value is -0.860. The lowest BCUT2D eigenvalue weighted by Crippen LogP contribution is -2.44. The summed E-state index contributed by atoms with van der Waals surface area (Å²) in [4.78, 5) is 24.2. The lowest BCUT2D eigenvalue weighted by Gasteiger charge is -2.27. The van der Waals surface area contributed by atoms with Crippen molar-refractivity contribution in [3.05, 3.63) is 0 Å². The topological polar surface area (TPSA) is 37.4 Å². The van der Waals surface area contributed by atoms with Crippen LogP contribution < -0.4 is 0 Å². The Labute approximate surface area is 65.4 Å². The summed E-state index contributed by atoms with van der Waals surface area (Å²) in [5, 5.41) is 0. The van der Waals surface area contributed by atoms with Crippen molar-refractivity contribution in [2.24, 2.45) is 0 Å². The van der Waals surface area contributed by atoms with Crippen molar-refractivity contribution in [2.45, 2.75) is 31.7 Å². The van der Waals surface area contributed by atoms with E-state index in [0.29, 0.717) is 12.8 Å². The molecule has 0 aliphatic carbocycles. The summed E-state index contributed by atoms with van der Waals surface area (Å²) in [6, 6.07) is -0.0451. The third kappa shape index (κ3) is 0.951.